The summed E-state index contributed by atoms with van der Waals surface area (Å²) >= 11 is 1.92. The van der Waals surface area contributed by atoms with E-state index in [1.54, 1.807) is 6.07 Å². The zero-order chi connectivity index (χ0) is 27.4. The number of nitrogens with one attached hydrogen (secondary N) is 1. The average Bonchev–Trinajstić information content (AvgIpc) is 2.85. The normalized spacial score (nSPS) is 11.6. The van der Waals surface area contributed by atoms with Crippen LogP contribution in [0.1, 0.15) is 11.1 Å². The minimum atomic E-state index is -4.05. The van der Waals surface area contributed by atoms with Crippen molar-refractivity contribution >= 4 is 50.9 Å². The van der Waals surface area contributed by atoms with Gasteiger partial charge < -0.3 is 11.1 Å². The van der Waals surface area contributed by atoms with E-state index in [1.165, 1.54) is 45.3 Å². The second-order valence-corrected chi connectivity index (χ2v) is 9.53. The number of halogens is 4. The summed E-state index contributed by atoms with van der Waals surface area (Å²) in [5.74, 6) is -6.70. The maximum atomic E-state index is 14.7. The van der Waals surface area contributed by atoms with Crippen molar-refractivity contribution in [3.63, 3.8) is 0 Å². The number of anilines is 2. The van der Waals surface area contributed by atoms with Gasteiger partial charge in [-0.2, -0.15) is 8.78 Å². The molecular weight excluding hydrogens is 606 g/mol. The molecule has 0 spiro atoms. The van der Waals surface area contributed by atoms with Crippen LogP contribution < -0.4 is 27.9 Å². The molecule has 0 aliphatic rings. The second-order valence-electron chi connectivity index (χ2n) is 8.28. The predicted octanol–water partition coefficient (Wildman–Crippen LogP) is 2.76. The van der Waals surface area contributed by atoms with Crippen LogP contribution in [0.4, 0.5) is 24.7 Å². The number of pyridine rings is 1. The number of carbonyl (C=O) groups excluding carboxylic acids is 1. The van der Waals surface area contributed by atoms with Crippen LogP contribution in [0.3, 0.4) is 0 Å². The first kappa shape index (κ1) is 26.2. The fourth-order valence-corrected chi connectivity index (χ4v) is 4.44. The molecule has 2 aromatic heterocycles. The Hall–Kier alpha value is -3.88. The van der Waals surface area contributed by atoms with Gasteiger partial charge in [-0.05, 0) is 59.8 Å². The first-order valence-corrected chi connectivity index (χ1v) is 11.7. The number of hydrogen-bond donors (Lipinski definition) is 2. The van der Waals surface area contributed by atoms with Crippen LogP contribution in [-0.4, -0.2) is 19.6 Å². The molecule has 0 atom stereocenters. The molecule has 0 fully saturated rings. The van der Waals surface area contributed by atoms with Crippen molar-refractivity contribution < 1.29 is 18.0 Å². The standard InChI is InChI=1S/C24H19F3IN5O4/c1-11-18-17(19(31(2)20(11)34)30-16-8-7-13(28)10-15(16)25)21(35)32(3)23(37)33(18)14-6-4-5-12(9-14)24(26,27)22(29)36/h4-10,30H,1-3H3,(H2,29,36). The Morgan fingerprint density at radius 3 is 2.32 bits per heavy atom. The lowest BCUT2D eigenvalue weighted by atomic mass is 10.1. The number of nitrogens with two attached hydrogens (primary N) is 1. The van der Waals surface area contributed by atoms with Crippen molar-refractivity contribution in [3.05, 3.63) is 94.2 Å². The van der Waals surface area contributed by atoms with Gasteiger partial charge in [0.25, 0.3) is 17.0 Å². The van der Waals surface area contributed by atoms with Crippen LogP contribution in [-0.2, 0) is 24.8 Å². The van der Waals surface area contributed by atoms with Crippen molar-refractivity contribution in [2.75, 3.05) is 5.32 Å². The smallest absolute Gasteiger partial charge is 0.349 e. The molecule has 0 aliphatic heterocycles. The summed E-state index contributed by atoms with van der Waals surface area (Å²) < 4.78 is 46.8. The van der Waals surface area contributed by atoms with Gasteiger partial charge in [-0.3, -0.25) is 28.1 Å². The van der Waals surface area contributed by atoms with Gasteiger partial charge in [-0.25, -0.2) is 9.18 Å². The molecule has 9 nitrogen and oxygen atoms in total. The molecule has 0 bridgehead atoms. The monoisotopic (exact) mass is 625 g/mol. The molecule has 2 heterocycles. The van der Waals surface area contributed by atoms with Crippen molar-refractivity contribution in [3.8, 4) is 5.69 Å². The van der Waals surface area contributed by atoms with E-state index in [0.717, 1.165) is 25.8 Å². The summed E-state index contributed by atoms with van der Waals surface area (Å²) in [5, 5.41) is 2.61. The minimum absolute atomic E-state index is 0.0343. The predicted molar refractivity (Wildman–Crippen MR) is 140 cm³/mol. The van der Waals surface area contributed by atoms with E-state index in [4.69, 9.17) is 5.73 Å². The number of alkyl halides is 2. The van der Waals surface area contributed by atoms with Gasteiger partial charge in [0.2, 0.25) is 0 Å². The third kappa shape index (κ3) is 4.22. The fraction of sp³-hybridized carbons (Fsp3) is 0.167. The summed E-state index contributed by atoms with van der Waals surface area (Å²) in [6.45, 7) is 1.37. The second kappa shape index (κ2) is 9.21. The van der Waals surface area contributed by atoms with Crippen molar-refractivity contribution in [1.82, 2.24) is 13.7 Å². The van der Waals surface area contributed by atoms with Crippen molar-refractivity contribution in [2.24, 2.45) is 19.8 Å². The molecule has 37 heavy (non-hydrogen) atoms. The first-order chi connectivity index (χ1) is 17.3. The molecule has 0 aliphatic carbocycles. The summed E-state index contributed by atoms with van der Waals surface area (Å²) in [5.41, 5.74) is 1.32. The number of primary amides is 1. The zero-order valence-electron chi connectivity index (χ0n) is 19.6. The Morgan fingerprint density at radius 2 is 1.70 bits per heavy atom. The lowest BCUT2D eigenvalue weighted by molar-refractivity contribution is -0.143. The highest BCUT2D eigenvalue weighted by molar-refractivity contribution is 14.1. The van der Waals surface area contributed by atoms with E-state index in [1.807, 2.05) is 22.6 Å². The Balaban J connectivity index is 2.15. The van der Waals surface area contributed by atoms with Crippen molar-refractivity contribution in [1.29, 1.82) is 0 Å². The van der Waals surface area contributed by atoms with Gasteiger partial charge in [0, 0.05) is 28.8 Å². The van der Waals surface area contributed by atoms with Crippen LogP contribution in [0.5, 0.6) is 0 Å². The van der Waals surface area contributed by atoms with Crippen LogP contribution >= 0.6 is 22.6 Å². The third-order valence-electron chi connectivity index (χ3n) is 5.97. The molecule has 0 radical (unpaired) electrons. The maximum Gasteiger partial charge on any atom is 0.349 e. The molecule has 0 unspecified atom stereocenters. The molecule has 3 N–H and O–H groups in total. The number of amides is 1. The van der Waals surface area contributed by atoms with E-state index < -0.39 is 40.0 Å². The highest BCUT2D eigenvalue weighted by Gasteiger charge is 2.39. The lowest BCUT2D eigenvalue weighted by Gasteiger charge is -2.20. The molecule has 0 saturated heterocycles. The number of benzene rings is 2. The molecule has 192 valence electrons. The summed E-state index contributed by atoms with van der Waals surface area (Å²) in [6, 6.07) is 8.59. The summed E-state index contributed by atoms with van der Waals surface area (Å²) in [4.78, 5) is 51.1. The minimum Gasteiger partial charge on any atom is -0.364 e. The Kier molecular flexibility index (Phi) is 6.52. The third-order valence-corrected chi connectivity index (χ3v) is 6.64. The number of aryl methyl sites for hydroxylation is 1. The number of carbonyl (C=O) groups is 1. The highest BCUT2D eigenvalue weighted by atomic mass is 127. The van der Waals surface area contributed by atoms with Crippen LogP contribution in [0.15, 0.2) is 56.8 Å². The molecule has 13 heteroatoms. The SMILES string of the molecule is Cc1c(=O)n(C)c(Nc2ccc(I)cc2F)c2c(=O)n(C)c(=O)n(-c3cccc(C(F)(F)C(N)=O)c3)c12. The molecule has 4 aromatic rings. The number of rotatable bonds is 5. The van der Waals surface area contributed by atoms with Gasteiger partial charge in [-0.1, -0.05) is 12.1 Å². The van der Waals surface area contributed by atoms with E-state index in [-0.39, 0.29) is 33.7 Å². The molecule has 2 aromatic carbocycles. The van der Waals surface area contributed by atoms with Gasteiger partial charge >= 0.3 is 11.6 Å². The fourth-order valence-electron chi connectivity index (χ4n) is 3.99. The van der Waals surface area contributed by atoms with Gasteiger partial charge in [0.15, 0.2) is 0 Å². The Bertz CT molecular complexity index is 1790. The van der Waals surface area contributed by atoms with Crippen molar-refractivity contribution in [2.45, 2.75) is 12.8 Å². The topological polar surface area (TPSA) is 121 Å². The Morgan fingerprint density at radius 1 is 1.03 bits per heavy atom. The quantitative estimate of drug-likeness (QED) is 0.331. The number of aromatic nitrogens is 3. The molecular formula is C24H19F3IN5O4. The average molecular weight is 625 g/mol. The van der Waals surface area contributed by atoms with Gasteiger partial charge in [0.1, 0.15) is 17.0 Å². The Labute approximate surface area is 220 Å². The number of hydrogen-bond acceptors (Lipinski definition) is 5. The van der Waals surface area contributed by atoms with Gasteiger partial charge in [0.05, 0.1) is 16.9 Å². The molecule has 1 amide bonds. The van der Waals surface area contributed by atoms with E-state index in [0.29, 0.717) is 3.57 Å². The summed E-state index contributed by atoms with van der Waals surface area (Å²) in [6.07, 6.45) is 0. The summed E-state index contributed by atoms with van der Waals surface area (Å²) in [7, 11) is 2.54. The highest BCUT2D eigenvalue weighted by Crippen LogP contribution is 2.31. The van der Waals surface area contributed by atoms with E-state index in [2.05, 4.69) is 5.32 Å². The lowest BCUT2D eigenvalue weighted by Crippen LogP contribution is -2.40. The van der Waals surface area contributed by atoms with Crippen LogP contribution in [0.25, 0.3) is 16.6 Å². The largest absolute Gasteiger partial charge is 0.364 e. The molecule has 0 saturated carbocycles. The van der Waals surface area contributed by atoms with Gasteiger partial charge in [-0.15, -0.1) is 0 Å². The van der Waals surface area contributed by atoms with E-state index >= 15 is 0 Å². The number of fused-ring (bicyclic) bond motifs is 1. The number of nitrogens with zero attached hydrogens (tertiary/aromatic N) is 3. The van der Waals surface area contributed by atoms with E-state index in [9.17, 15) is 32.3 Å². The first-order valence-electron chi connectivity index (χ1n) is 10.6. The van der Waals surface area contributed by atoms with Crippen LogP contribution in [0.2, 0.25) is 0 Å². The van der Waals surface area contributed by atoms with Crippen LogP contribution in [0, 0.1) is 16.3 Å². The maximum absolute atomic E-state index is 14.7. The zero-order valence-corrected chi connectivity index (χ0v) is 21.8. The molecule has 4 rings (SSSR count).